The maximum atomic E-state index is 5.76. The third kappa shape index (κ3) is 2.18. The van der Waals surface area contributed by atoms with Crippen LogP contribution in [0.15, 0.2) is 30.9 Å². The average molecular weight is 270 g/mol. The van der Waals surface area contributed by atoms with Crippen molar-refractivity contribution in [3.05, 3.63) is 36.5 Å². The Hall–Kier alpha value is -2.90. The highest BCUT2D eigenvalue weighted by atomic mass is 15.3. The minimum absolute atomic E-state index is 0.381. The third-order valence-corrected chi connectivity index (χ3v) is 2.83. The number of aryl methyl sites for hydroxylation is 2. The Kier molecular flexibility index (Phi) is 2.82. The maximum absolute atomic E-state index is 5.76. The number of hydrogen-bond donors (Lipinski definition) is 2. The molecule has 20 heavy (non-hydrogen) atoms. The van der Waals surface area contributed by atoms with Gasteiger partial charge in [0.15, 0.2) is 0 Å². The van der Waals surface area contributed by atoms with Crippen LogP contribution in [0.1, 0.15) is 5.69 Å². The summed E-state index contributed by atoms with van der Waals surface area (Å²) in [6.07, 6.45) is 4.84. The Labute approximate surface area is 115 Å². The van der Waals surface area contributed by atoms with Gasteiger partial charge < -0.3 is 11.1 Å². The molecule has 0 saturated heterocycles. The van der Waals surface area contributed by atoms with Crippen LogP contribution in [0.4, 0.5) is 17.6 Å². The summed E-state index contributed by atoms with van der Waals surface area (Å²) in [6.45, 7) is 1.93. The van der Waals surface area contributed by atoms with E-state index in [9.17, 15) is 0 Å². The number of nitrogens with zero attached hydrogens (tertiary/aromatic N) is 6. The lowest BCUT2D eigenvalue weighted by Crippen LogP contribution is -2.05. The van der Waals surface area contributed by atoms with Crippen molar-refractivity contribution < 1.29 is 0 Å². The maximum Gasteiger partial charge on any atom is 0.206 e. The molecule has 8 nitrogen and oxygen atoms in total. The minimum atomic E-state index is 0.381. The molecule has 0 atom stereocenters. The van der Waals surface area contributed by atoms with Crippen LogP contribution in [0.2, 0.25) is 0 Å². The zero-order chi connectivity index (χ0) is 14.1. The molecule has 0 aromatic carbocycles. The summed E-state index contributed by atoms with van der Waals surface area (Å²) in [4.78, 5) is 12.3. The Morgan fingerprint density at radius 3 is 2.70 bits per heavy atom. The molecule has 102 valence electrons. The highest BCUT2D eigenvalue weighted by Gasteiger charge is 2.07. The zero-order valence-electron chi connectivity index (χ0n) is 11.1. The van der Waals surface area contributed by atoms with E-state index in [1.807, 2.05) is 20.0 Å². The summed E-state index contributed by atoms with van der Waals surface area (Å²) >= 11 is 0. The highest BCUT2D eigenvalue weighted by Crippen LogP contribution is 2.17. The Morgan fingerprint density at radius 2 is 2.05 bits per heavy atom. The van der Waals surface area contributed by atoms with Crippen LogP contribution in [-0.4, -0.2) is 29.3 Å². The van der Waals surface area contributed by atoms with Crippen LogP contribution in [0.25, 0.3) is 5.82 Å². The largest absolute Gasteiger partial charge is 0.369 e. The molecule has 0 saturated carbocycles. The van der Waals surface area contributed by atoms with Gasteiger partial charge in [0.05, 0.1) is 5.69 Å². The van der Waals surface area contributed by atoms with E-state index < -0.39 is 0 Å². The number of nitrogens with two attached hydrogens (primary N) is 1. The molecule has 0 unspecified atom stereocenters. The number of nitrogen functional groups attached to an aromatic ring is 1. The van der Waals surface area contributed by atoms with Crippen LogP contribution in [0, 0.1) is 6.92 Å². The lowest BCUT2D eigenvalue weighted by atomic mass is 10.4. The summed E-state index contributed by atoms with van der Waals surface area (Å²) < 4.78 is 3.43. The standard InChI is InChI=1S/C12H14N8/c1-8-5-11(19(2)18-8)17-9-6-10(16-7-15-9)20-4-3-14-12(20)13/h3-7H,1-2H3,(H2,13,14)(H,15,16,17). The molecule has 0 aliphatic rings. The lowest BCUT2D eigenvalue weighted by Gasteiger charge is -2.07. The van der Waals surface area contributed by atoms with Gasteiger partial charge in [-0.25, -0.2) is 15.0 Å². The van der Waals surface area contributed by atoms with Gasteiger partial charge in [-0.3, -0.25) is 9.25 Å². The zero-order valence-corrected chi connectivity index (χ0v) is 11.1. The van der Waals surface area contributed by atoms with Crippen LogP contribution >= 0.6 is 0 Å². The van der Waals surface area contributed by atoms with Crippen LogP contribution < -0.4 is 11.1 Å². The first-order chi connectivity index (χ1) is 9.63. The van der Waals surface area contributed by atoms with Crippen molar-refractivity contribution in [1.29, 1.82) is 0 Å². The van der Waals surface area contributed by atoms with Gasteiger partial charge in [0.1, 0.15) is 23.8 Å². The van der Waals surface area contributed by atoms with Crippen molar-refractivity contribution >= 4 is 17.6 Å². The Balaban J connectivity index is 1.92. The van der Waals surface area contributed by atoms with Gasteiger partial charge in [-0.05, 0) is 6.92 Å². The molecule has 0 aliphatic carbocycles. The molecule has 0 amide bonds. The molecule has 3 heterocycles. The topological polar surface area (TPSA) is 99.5 Å². The first kappa shape index (κ1) is 12.2. The average Bonchev–Trinajstić information content (AvgIpc) is 2.96. The molecule has 0 spiro atoms. The first-order valence-corrected chi connectivity index (χ1v) is 6.02. The van der Waals surface area contributed by atoms with E-state index in [0.717, 1.165) is 11.5 Å². The SMILES string of the molecule is Cc1cc(Nc2cc(-n3ccnc3N)ncn2)n(C)n1. The van der Waals surface area contributed by atoms with Crippen LogP contribution in [-0.2, 0) is 7.05 Å². The second-order valence-corrected chi connectivity index (χ2v) is 4.34. The normalized spacial score (nSPS) is 10.7. The van der Waals surface area contributed by atoms with E-state index in [4.69, 9.17) is 5.73 Å². The monoisotopic (exact) mass is 270 g/mol. The number of nitrogens with one attached hydrogen (secondary N) is 1. The van der Waals surface area contributed by atoms with Crippen molar-refractivity contribution in [2.45, 2.75) is 6.92 Å². The molecule has 3 rings (SSSR count). The highest BCUT2D eigenvalue weighted by molar-refractivity contribution is 5.54. The van der Waals surface area contributed by atoms with Gasteiger partial charge in [0.2, 0.25) is 5.95 Å². The predicted molar refractivity (Wildman–Crippen MR) is 74.8 cm³/mol. The molecule has 8 heteroatoms. The predicted octanol–water partition coefficient (Wildman–Crippen LogP) is 1.03. The number of imidazole rings is 1. The quantitative estimate of drug-likeness (QED) is 0.737. The fourth-order valence-electron chi connectivity index (χ4n) is 1.91. The Morgan fingerprint density at radius 1 is 1.20 bits per heavy atom. The molecule has 0 bridgehead atoms. The summed E-state index contributed by atoms with van der Waals surface area (Å²) in [7, 11) is 1.87. The number of hydrogen-bond acceptors (Lipinski definition) is 6. The number of rotatable bonds is 3. The second-order valence-electron chi connectivity index (χ2n) is 4.34. The molecule has 0 aliphatic heterocycles. The second kappa shape index (κ2) is 4.65. The molecule has 3 aromatic heterocycles. The number of aromatic nitrogens is 6. The molecule has 3 aromatic rings. The number of anilines is 3. The third-order valence-electron chi connectivity index (χ3n) is 2.83. The molecule has 0 radical (unpaired) electrons. The van der Waals surface area contributed by atoms with Crippen LogP contribution in [0.5, 0.6) is 0 Å². The summed E-state index contributed by atoms with van der Waals surface area (Å²) in [6, 6.07) is 3.73. The Bertz CT molecular complexity index is 742. The van der Waals surface area contributed by atoms with E-state index in [1.54, 1.807) is 27.7 Å². The van der Waals surface area contributed by atoms with E-state index in [2.05, 4.69) is 25.4 Å². The first-order valence-electron chi connectivity index (χ1n) is 6.02. The van der Waals surface area contributed by atoms with Gasteiger partial charge in [-0.15, -0.1) is 0 Å². The van der Waals surface area contributed by atoms with Gasteiger partial charge in [-0.1, -0.05) is 0 Å². The molecule has 3 N–H and O–H groups in total. The van der Waals surface area contributed by atoms with E-state index in [1.165, 1.54) is 6.33 Å². The lowest BCUT2D eigenvalue weighted by molar-refractivity contribution is 0.764. The van der Waals surface area contributed by atoms with Gasteiger partial charge in [0, 0.05) is 31.6 Å². The van der Waals surface area contributed by atoms with E-state index >= 15 is 0 Å². The van der Waals surface area contributed by atoms with Gasteiger partial charge >= 0.3 is 0 Å². The van der Waals surface area contributed by atoms with Gasteiger partial charge in [0.25, 0.3) is 0 Å². The van der Waals surface area contributed by atoms with E-state index in [0.29, 0.717) is 17.6 Å². The fourth-order valence-corrected chi connectivity index (χ4v) is 1.91. The van der Waals surface area contributed by atoms with Crippen LogP contribution in [0.3, 0.4) is 0 Å². The van der Waals surface area contributed by atoms with E-state index in [-0.39, 0.29) is 0 Å². The van der Waals surface area contributed by atoms with Gasteiger partial charge in [-0.2, -0.15) is 5.10 Å². The molecular weight excluding hydrogens is 256 g/mol. The van der Waals surface area contributed by atoms with Crippen molar-refractivity contribution in [1.82, 2.24) is 29.3 Å². The van der Waals surface area contributed by atoms with Crippen molar-refractivity contribution in [3.8, 4) is 5.82 Å². The van der Waals surface area contributed by atoms with Crippen molar-refractivity contribution in [2.75, 3.05) is 11.1 Å². The summed E-state index contributed by atoms with van der Waals surface area (Å²) in [5.41, 5.74) is 6.69. The minimum Gasteiger partial charge on any atom is -0.369 e. The molecular formula is C12H14N8. The fraction of sp³-hybridized carbons (Fsp3) is 0.167. The van der Waals surface area contributed by atoms with Crippen molar-refractivity contribution in [3.63, 3.8) is 0 Å². The van der Waals surface area contributed by atoms with Crippen molar-refractivity contribution in [2.24, 2.45) is 7.05 Å². The molecule has 0 fully saturated rings. The summed E-state index contributed by atoms with van der Waals surface area (Å²) in [5.74, 6) is 2.54. The smallest absolute Gasteiger partial charge is 0.206 e. The summed E-state index contributed by atoms with van der Waals surface area (Å²) in [5, 5.41) is 7.46.